The van der Waals surface area contributed by atoms with E-state index in [9.17, 15) is 4.79 Å². The summed E-state index contributed by atoms with van der Waals surface area (Å²) in [4.78, 5) is 24.9. The Morgan fingerprint density at radius 2 is 1.42 bits per heavy atom. The van der Waals surface area contributed by atoms with Crippen LogP contribution >= 0.6 is 0 Å². The van der Waals surface area contributed by atoms with Gasteiger partial charge in [-0.05, 0) is 87.0 Å². The summed E-state index contributed by atoms with van der Waals surface area (Å²) < 4.78 is 14.5. The second-order valence-electron chi connectivity index (χ2n) is 16.6. The molecule has 0 spiro atoms. The second-order valence-corrected chi connectivity index (χ2v) is 16.6. The molecule has 304 valence electrons. The smallest absolute Gasteiger partial charge is 0.206 e. The number of anilines is 1. The monoisotopic (exact) mass is 772 g/mol. The van der Waals surface area contributed by atoms with Crippen LogP contribution in [0.2, 0.25) is 0 Å². The van der Waals surface area contributed by atoms with Gasteiger partial charge in [-0.15, -0.1) is 0 Å². The Bertz CT molecular complexity index is 1890. The predicted molar refractivity (Wildman–Crippen MR) is 235 cm³/mol. The van der Waals surface area contributed by atoms with Gasteiger partial charge < -0.3 is 28.7 Å². The highest BCUT2D eigenvalue weighted by Crippen LogP contribution is 2.30. The maximum atomic E-state index is 12.7. The highest BCUT2D eigenvalue weighted by molar-refractivity contribution is 5.96. The van der Waals surface area contributed by atoms with Crippen LogP contribution in [0.3, 0.4) is 0 Å². The molecule has 0 N–H and O–H groups in total. The first kappa shape index (κ1) is 42.3. The van der Waals surface area contributed by atoms with E-state index in [4.69, 9.17) is 14.5 Å². The molecule has 2 fully saturated rings. The maximum absolute atomic E-state index is 12.7. The lowest BCUT2D eigenvalue weighted by molar-refractivity contribution is -0.0270. The van der Waals surface area contributed by atoms with Crippen LogP contribution in [-0.4, -0.2) is 97.3 Å². The first-order valence-corrected chi connectivity index (χ1v) is 21.3. The number of imidazole rings is 1. The fourth-order valence-corrected chi connectivity index (χ4v) is 7.90. The average molecular weight is 772 g/mol. The summed E-state index contributed by atoms with van der Waals surface area (Å²) in [6, 6.07) is 37.6. The minimum absolute atomic E-state index is 0.0313. The number of hydrogen-bond donors (Lipinski definition) is 0. The Hall–Kier alpha value is -4.34. The second kappa shape index (κ2) is 20.9. The van der Waals surface area contributed by atoms with Crippen molar-refractivity contribution in [3.8, 4) is 0 Å². The zero-order chi connectivity index (χ0) is 40.0. The van der Waals surface area contributed by atoms with E-state index < -0.39 is 0 Å². The van der Waals surface area contributed by atoms with Crippen LogP contribution in [0.5, 0.6) is 0 Å². The summed E-state index contributed by atoms with van der Waals surface area (Å²) >= 11 is 0. The Morgan fingerprint density at radius 3 is 2.07 bits per heavy atom. The molecule has 0 unspecified atom stereocenters. The maximum Gasteiger partial charge on any atom is 0.206 e. The highest BCUT2D eigenvalue weighted by atomic mass is 16.5. The minimum atomic E-state index is -0.0313. The number of carbonyl (C=O) groups is 1. The van der Waals surface area contributed by atoms with E-state index in [-0.39, 0.29) is 23.4 Å². The number of hydrogen-bond acceptors (Lipinski definition) is 7. The Balaban J connectivity index is 0.000000214. The third-order valence-corrected chi connectivity index (χ3v) is 11.3. The van der Waals surface area contributed by atoms with Gasteiger partial charge in [0.1, 0.15) is 6.10 Å². The lowest BCUT2D eigenvalue weighted by Gasteiger charge is -2.34. The van der Waals surface area contributed by atoms with E-state index in [1.165, 1.54) is 28.6 Å². The number of likely N-dealkylation sites (tertiary alicyclic amines) is 1. The van der Waals surface area contributed by atoms with Crippen molar-refractivity contribution >= 4 is 22.8 Å². The number of benzene rings is 4. The molecule has 8 heteroatoms. The van der Waals surface area contributed by atoms with Crippen LogP contribution in [0.1, 0.15) is 93.0 Å². The number of aromatic nitrogens is 2. The van der Waals surface area contributed by atoms with Gasteiger partial charge >= 0.3 is 0 Å². The number of nitrogens with zero attached hydrogens (tertiary/aromatic N) is 5. The zero-order valence-corrected chi connectivity index (χ0v) is 35.1. The number of ketones is 1. The largest absolute Gasteiger partial charge is 0.380 e. The van der Waals surface area contributed by atoms with Crippen molar-refractivity contribution in [2.24, 2.45) is 0 Å². The molecule has 2 saturated heterocycles. The Labute approximate surface area is 341 Å². The molecule has 0 bridgehead atoms. The van der Waals surface area contributed by atoms with Crippen molar-refractivity contribution in [1.82, 2.24) is 19.4 Å². The van der Waals surface area contributed by atoms with E-state index in [1.54, 1.807) is 0 Å². The van der Waals surface area contributed by atoms with Crippen LogP contribution in [0.25, 0.3) is 11.0 Å². The van der Waals surface area contributed by atoms with Gasteiger partial charge in [-0.2, -0.15) is 0 Å². The van der Waals surface area contributed by atoms with Crippen molar-refractivity contribution in [2.45, 2.75) is 84.0 Å². The predicted octanol–water partition coefficient (Wildman–Crippen LogP) is 9.43. The average Bonchev–Trinajstić information content (AvgIpc) is 3.46. The molecule has 2 aliphatic heterocycles. The van der Waals surface area contributed by atoms with E-state index in [2.05, 4.69) is 144 Å². The molecular weight excluding hydrogens is 707 g/mol. The molecule has 0 atom stereocenters. The van der Waals surface area contributed by atoms with Crippen LogP contribution in [0, 0.1) is 0 Å². The molecule has 0 saturated carbocycles. The van der Waals surface area contributed by atoms with Crippen LogP contribution in [-0.2, 0) is 21.4 Å². The standard InChI is InChI=1S/C32H39NO2.C17H26N4O/c1-32(2,3)28-18-16-25(17-19-28)30(34)15-10-22-33-23-20-29(21-24-33)35-31(26-11-6-4-7-12-26)27-13-8-5-9-14-27;1-3-22-14-13-21-16-8-5-4-7-15(16)18-17(21)20-10-6-9-19(2)11-12-20/h4-9,11-14,16-19,29,31H,10,15,20-24H2,1-3H3;4-5,7-8H,3,6,9-14H2,1-2H3. The molecule has 5 aromatic rings. The van der Waals surface area contributed by atoms with E-state index in [0.717, 1.165) is 102 Å². The molecule has 1 aromatic heterocycles. The van der Waals surface area contributed by atoms with Crippen LogP contribution in [0.15, 0.2) is 109 Å². The van der Waals surface area contributed by atoms with Crippen LogP contribution in [0.4, 0.5) is 5.95 Å². The summed E-state index contributed by atoms with van der Waals surface area (Å²) in [5.41, 5.74) is 6.89. The van der Waals surface area contributed by atoms with E-state index in [0.29, 0.717) is 6.42 Å². The van der Waals surface area contributed by atoms with Crippen molar-refractivity contribution in [1.29, 1.82) is 0 Å². The molecule has 3 heterocycles. The summed E-state index contributed by atoms with van der Waals surface area (Å²) in [7, 11) is 2.20. The lowest BCUT2D eigenvalue weighted by Crippen LogP contribution is -2.38. The van der Waals surface area contributed by atoms with Gasteiger partial charge in [-0.1, -0.05) is 118 Å². The topological polar surface area (TPSA) is 63.1 Å². The fraction of sp³-hybridized carbons (Fsp3) is 0.469. The molecule has 8 nitrogen and oxygen atoms in total. The number of piperidine rings is 1. The first-order chi connectivity index (χ1) is 27.7. The van der Waals surface area contributed by atoms with Crippen molar-refractivity contribution in [3.63, 3.8) is 0 Å². The normalized spacial score (nSPS) is 16.1. The van der Waals surface area contributed by atoms with Gasteiger partial charge in [0.2, 0.25) is 5.95 Å². The molecule has 0 amide bonds. The van der Waals surface area contributed by atoms with Gasteiger partial charge in [0.05, 0.1) is 23.7 Å². The van der Waals surface area contributed by atoms with Gasteiger partial charge in [-0.3, -0.25) is 4.79 Å². The Kier molecular flexibility index (Phi) is 15.5. The molecule has 2 aliphatic rings. The number of ether oxygens (including phenoxy) is 2. The summed E-state index contributed by atoms with van der Waals surface area (Å²) in [5, 5.41) is 0. The summed E-state index contributed by atoms with van der Waals surface area (Å²) in [6.45, 7) is 18.4. The number of para-hydroxylation sites is 2. The minimum Gasteiger partial charge on any atom is -0.380 e. The number of carbonyl (C=O) groups excluding carboxylic acids is 1. The molecule has 0 radical (unpaired) electrons. The van der Waals surface area contributed by atoms with Gasteiger partial charge in [-0.25, -0.2) is 4.98 Å². The quantitative estimate of drug-likeness (QED) is 0.0824. The number of fused-ring (bicyclic) bond motifs is 1. The number of rotatable bonds is 14. The molecule has 4 aromatic carbocycles. The van der Waals surface area contributed by atoms with E-state index >= 15 is 0 Å². The SMILES string of the molecule is CC(C)(C)c1ccc(C(=O)CCCN2CCC(OC(c3ccccc3)c3ccccc3)CC2)cc1.CCOCCn1c(N2CCCN(C)CC2)nc2ccccc21. The highest BCUT2D eigenvalue weighted by Gasteiger charge is 2.25. The van der Waals surface area contributed by atoms with Crippen molar-refractivity contribution < 1.29 is 14.3 Å². The van der Waals surface area contributed by atoms with Crippen molar-refractivity contribution in [3.05, 3.63) is 131 Å². The van der Waals surface area contributed by atoms with E-state index in [1.807, 2.05) is 19.1 Å². The molecule has 7 rings (SSSR count). The van der Waals surface area contributed by atoms with Crippen LogP contribution < -0.4 is 4.90 Å². The van der Waals surface area contributed by atoms with Gasteiger partial charge in [0.25, 0.3) is 0 Å². The van der Waals surface area contributed by atoms with Gasteiger partial charge in [0, 0.05) is 57.9 Å². The third kappa shape index (κ3) is 12.1. The third-order valence-electron chi connectivity index (χ3n) is 11.3. The Morgan fingerprint density at radius 1 is 0.772 bits per heavy atom. The molecule has 0 aliphatic carbocycles. The number of likely N-dealkylation sites (N-methyl/N-ethyl adjacent to an activating group) is 1. The first-order valence-electron chi connectivity index (χ1n) is 21.3. The summed E-state index contributed by atoms with van der Waals surface area (Å²) in [6.07, 6.45) is 4.97. The molecule has 57 heavy (non-hydrogen) atoms. The zero-order valence-electron chi connectivity index (χ0n) is 35.1. The van der Waals surface area contributed by atoms with Gasteiger partial charge in [0.15, 0.2) is 5.78 Å². The number of Topliss-reactive ketones (excluding diaryl/α,β-unsaturated/α-hetero) is 1. The fourth-order valence-electron chi connectivity index (χ4n) is 7.90. The lowest BCUT2D eigenvalue weighted by atomic mass is 9.86. The summed E-state index contributed by atoms with van der Waals surface area (Å²) in [5.74, 6) is 1.34. The van der Waals surface area contributed by atoms with Crippen molar-refractivity contribution in [2.75, 3.05) is 71.0 Å². The molecular formula is C49H65N5O3.